The molecule has 0 saturated carbocycles. The molecule has 0 fully saturated rings. The second-order valence-corrected chi connectivity index (χ2v) is 9.14. The molecule has 2 aromatic rings. The minimum atomic E-state index is -3.66. The molecule has 0 aliphatic carbocycles. The van der Waals surface area contributed by atoms with Gasteiger partial charge in [-0.2, -0.15) is 0 Å². The molecule has 0 aliphatic heterocycles. The fourth-order valence-corrected chi connectivity index (χ4v) is 4.55. The van der Waals surface area contributed by atoms with Gasteiger partial charge in [0, 0.05) is 11.6 Å². The molecule has 0 bridgehead atoms. The first-order valence-corrected chi connectivity index (χ1v) is 11.5. The second kappa shape index (κ2) is 9.94. The van der Waals surface area contributed by atoms with Crippen molar-refractivity contribution < 1.29 is 13.2 Å². The van der Waals surface area contributed by atoms with Crippen LogP contribution in [-0.2, 0) is 21.2 Å². The van der Waals surface area contributed by atoms with E-state index in [0.717, 1.165) is 23.4 Å². The van der Waals surface area contributed by atoms with E-state index in [4.69, 9.17) is 11.6 Å². The van der Waals surface area contributed by atoms with Crippen LogP contribution in [0.3, 0.4) is 0 Å². The first kappa shape index (κ1) is 22.2. The molecule has 5 nitrogen and oxygen atoms in total. The van der Waals surface area contributed by atoms with Gasteiger partial charge in [-0.05, 0) is 49.9 Å². The van der Waals surface area contributed by atoms with Gasteiger partial charge in [0.05, 0.1) is 11.9 Å². The van der Waals surface area contributed by atoms with E-state index in [1.165, 1.54) is 11.1 Å². The van der Waals surface area contributed by atoms with Crippen LogP contribution in [0.2, 0.25) is 5.02 Å². The zero-order valence-electron chi connectivity index (χ0n) is 16.5. The number of nitrogens with zero attached hydrogens (tertiary/aromatic N) is 1. The van der Waals surface area contributed by atoms with Gasteiger partial charge in [0.25, 0.3) is 0 Å². The third-order valence-electron chi connectivity index (χ3n) is 4.42. The van der Waals surface area contributed by atoms with Crippen LogP contribution in [-0.4, -0.2) is 33.2 Å². The first-order valence-electron chi connectivity index (χ1n) is 9.30. The summed E-state index contributed by atoms with van der Waals surface area (Å²) in [4.78, 5) is 12.7. The summed E-state index contributed by atoms with van der Waals surface area (Å²) in [6.07, 6.45) is 3.08. The topological polar surface area (TPSA) is 66.5 Å². The maximum Gasteiger partial charge on any atom is 0.243 e. The lowest BCUT2D eigenvalue weighted by Gasteiger charge is -2.30. The Morgan fingerprint density at radius 1 is 1.18 bits per heavy atom. The number of carbonyl (C=O) groups excluding carboxylic acids is 1. The van der Waals surface area contributed by atoms with Gasteiger partial charge >= 0.3 is 0 Å². The summed E-state index contributed by atoms with van der Waals surface area (Å²) < 4.78 is 25.9. The van der Waals surface area contributed by atoms with Crippen molar-refractivity contribution in [3.63, 3.8) is 0 Å². The van der Waals surface area contributed by atoms with Gasteiger partial charge < -0.3 is 5.32 Å². The standard InChI is InChI=1S/C21H27ClN2O3S/c1-4-20(24(28(3,26)27)19-12-6-11-18(22)15-19)21(25)23-13-7-10-17-9-5-8-16(2)14-17/h5-6,8-9,11-12,14-15,20H,4,7,10,13H2,1-3H3,(H,23,25)/t20-/m0/s1. The summed E-state index contributed by atoms with van der Waals surface area (Å²) >= 11 is 6.02. The van der Waals surface area contributed by atoms with Gasteiger partial charge in [-0.1, -0.05) is 54.4 Å². The normalized spacial score (nSPS) is 12.4. The highest BCUT2D eigenvalue weighted by molar-refractivity contribution is 7.92. The zero-order chi connectivity index (χ0) is 20.7. The van der Waals surface area contributed by atoms with Crippen LogP contribution in [0.4, 0.5) is 5.69 Å². The minimum absolute atomic E-state index is 0.308. The summed E-state index contributed by atoms with van der Waals surface area (Å²) in [6, 6.07) is 14.0. The van der Waals surface area contributed by atoms with Crippen LogP contribution < -0.4 is 9.62 Å². The SMILES string of the molecule is CC[C@@H](C(=O)NCCCc1cccc(C)c1)N(c1cccc(Cl)c1)S(C)(=O)=O. The van der Waals surface area contributed by atoms with E-state index in [0.29, 0.717) is 23.7 Å². The lowest BCUT2D eigenvalue weighted by atomic mass is 10.1. The highest BCUT2D eigenvalue weighted by Gasteiger charge is 2.31. The Labute approximate surface area is 172 Å². The first-order chi connectivity index (χ1) is 13.2. The molecule has 0 aromatic heterocycles. The number of nitrogens with one attached hydrogen (secondary N) is 1. The van der Waals surface area contributed by atoms with Crippen molar-refractivity contribution in [3.05, 3.63) is 64.7 Å². The van der Waals surface area contributed by atoms with Crippen LogP contribution in [0.5, 0.6) is 0 Å². The summed E-state index contributed by atoms with van der Waals surface area (Å²) in [7, 11) is -3.66. The van der Waals surface area contributed by atoms with Crippen molar-refractivity contribution in [1.82, 2.24) is 5.32 Å². The molecule has 28 heavy (non-hydrogen) atoms. The predicted molar refractivity (Wildman–Crippen MR) is 115 cm³/mol. The molecule has 2 aromatic carbocycles. The Balaban J connectivity index is 2.05. The average Bonchev–Trinajstić information content (AvgIpc) is 2.62. The number of hydrogen-bond acceptors (Lipinski definition) is 3. The molecule has 0 heterocycles. The molecule has 0 radical (unpaired) electrons. The molecule has 1 N–H and O–H groups in total. The lowest BCUT2D eigenvalue weighted by Crippen LogP contribution is -2.49. The fraction of sp³-hybridized carbons (Fsp3) is 0.381. The largest absolute Gasteiger partial charge is 0.354 e. The maximum atomic E-state index is 12.7. The number of amides is 1. The fourth-order valence-electron chi connectivity index (χ4n) is 3.16. The van der Waals surface area contributed by atoms with E-state index in [-0.39, 0.29) is 5.91 Å². The third kappa shape index (κ3) is 6.24. The van der Waals surface area contributed by atoms with Gasteiger partial charge in [-0.25, -0.2) is 8.42 Å². The number of aryl methyl sites for hydroxylation is 2. The number of rotatable bonds is 9. The molecule has 2 rings (SSSR count). The summed E-state index contributed by atoms with van der Waals surface area (Å²) in [5, 5.41) is 3.29. The smallest absolute Gasteiger partial charge is 0.243 e. The number of sulfonamides is 1. The highest BCUT2D eigenvalue weighted by atomic mass is 35.5. The maximum absolute atomic E-state index is 12.7. The Morgan fingerprint density at radius 3 is 2.50 bits per heavy atom. The molecule has 0 unspecified atom stereocenters. The van der Waals surface area contributed by atoms with Crippen molar-refractivity contribution in [2.24, 2.45) is 0 Å². The van der Waals surface area contributed by atoms with Gasteiger partial charge in [0.1, 0.15) is 6.04 Å². The van der Waals surface area contributed by atoms with Crippen LogP contribution >= 0.6 is 11.6 Å². The lowest BCUT2D eigenvalue weighted by molar-refractivity contribution is -0.122. The Hall–Kier alpha value is -2.05. The van der Waals surface area contributed by atoms with Gasteiger partial charge in [0.15, 0.2) is 0 Å². The molecule has 0 aliphatic rings. The van der Waals surface area contributed by atoms with Crippen molar-refractivity contribution in [1.29, 1.82) is 0 Å². The van der Waals surface area contributed by atoms with Gasteiger partial charge in [-0.15, -0.1) is 0 Å². The van der Waals surface area contributed by atoms with E-state index in [1.54, 1.807) is 31.2 Å². The molecule has 7 heteroatoms. The molecule has 1 atom stereocenters. The Kier molecular flexibility index (Phi) is 7.89. The van der Waals surface area contributed by atoms with E-state index in [1.807, 2.05) is 19.1 Å². The zero-order valence-corrected chi connectivity index (χ0v) is 18.1. The number of hydrogen-bond donors (Lipinski definition) is 1. The summed E-state index contributed by atoms with van der Waals surface area (Å²) in [5.74, 6) is -0.308. The molecule has 0 spiro atoms. The third-order valence-corrected chi connectivity index (χ3v) is 5.83. The number of carbonyl (C=O) groups is 1. The molecule has 152 valence electrons. The second-order valence-electron chi connectivity index (χ2n) is 6.85. The van der Waals surface area contributed by atoms with Crippen molar-refractivity contribution in [3.8, 4) is 0 Å². The van der Waals surface area contributed by atoms with Crippen LogP contribution in [0.1, 0.15) is 30.9 Å². The molecule has 1 amide bonds. The van der Waals surface area contributed by atoms with E-state index < -0.39 is 16.1 Å². The van der Waals surface area contributed by atoms with Crippen molar-refractivity contribution >= 4 is 33.2 Å². The van der Waals surface area contributed by atoms with E-state index >= 15 is 0 Å². The summed E-state index contributed by atoms with van der Waals surface area (Å²) in [6.45, 7) is 4.32. The van der Waals surface area contributed by atoms with Crippen LogP contribution in [0.15, 0.2) is 48.5 Å². The number of benzene rings is 2. The van der Waals surface area contributed by atoms with Crippen molar-refractivity contribution in [2.75, 3.05) is 17.1 Å². The molecular formula is C21H27ClN2O3S. The van der Waals surface area contributed by atoms with E-state index in [2.05, 4.69) is 17.4 Å². The summed E-state index contributed by atoms with van der Waals surface area (Å²) in [5.41, 5.74) is 2.81. The average molecular weight is 423 g/mol. The molecular weight excluding hydrogens is 396 g/mol. The Bertz CT molecular complexity index is 915. The number of halogens is 1. The van der Waals surface area contributed by atoms with Gasteiger partial charge in [-0.3, -0.25) is 9.10 Å². The molecule has 0 saturated heterocycles. The van der Waals surface area contributed by atoms with Crippen LogP contribution in [0, 0.1) is 6.92 Å². The highest BCUT2D eigenvalue weighted by Crippen LogP contribution is 2.25. The Morgan fingerprint density at radius 2 is 1.89 bits per heavy atom. The minimum Gasteiger partial charge on any atom is -0.354 e. The van der Waals surface area contributed by atoms with Gasteiger partial charge in [0.2, 0.25) is 15.9 Å². The van der Waals surface area contributed by atoms with Crippen LogP contribution in [0.25, 0.3) is 0 Å². The van der Waals surface area contributed by atoms with Crippen molar-refractivity contribution in [2.45, 2.75) is 39.2 Å². The number of anilines is 1. The predicted octanol–water partition coefficient (Wildman–Crippen LogP) is 3.94. The quantitative estimate of drug-likeness (QED) is 0.622. The van der Waals surface area contributed by atoms with E-state index in [9.17, 15) is 13.2 Å². The monoisotopic (exact) mass is 422 g/mol.